The van der Waals surface area contributed by atoms with Gasteiger partial charge in [0.1, 0.15) is 3.82 Å². The van der Waals surface area contributed by atoms with Crippen molar-refractivity contribution in [1.29, 1.82) is 0 Å². The van der Waals surface area contributed by atoms with Gasteiger partial charge >= 0.3 is 0 Å². The molecule has 0 aliphatic heterocycles. The predicted octanol–water partition coefficient (Wildman–Crippen LogP) is 4.83. The van der Waals surface area contributed by atoms with Gasteiger partial charge in [0.05, 0.1) is 4.21 Å². The zero-order chi connectivity index (χ0) is 9.80. The molecule has 72 valence electrons. The fraction of sp³-hybridized carbons (Fsp3) is 0.100. The van der Waals surface area contributed by atoms with Crippen LogP contribution in [0.5, 0.6) is 0 Å². The monoisotopic (exact) mass is 256 g/mol. The van der Waals surface area contributed by atoms with Crippen molar-refractivity contribution in [1.82, 2.24) is 0 Å². The van der Waals surface area contributed by atoms with E-state index >= 15 is 0 Å². The summed E-state index contributed by atoms with van der Waals surface area (Å²) in [6.07, 6.45) is 0. The lowest BCUT2D eigenvalue weighted by molar-refractivity contribution is 1.41. The van der Waals surface area contributed by atoms with Gasteiger partial charge in [-0.15, -0.1) is 11.8 Å². The highest BCUT2D eigenvalue weighted by atomic mass is 32.9. The van der Waals surface area contributed by atoms with E-state index in [1.165, 1.54) is 9.77 Å². The van der Waals surface area contributed by atoms with Crippen LogP contribution in [0.2, 0.25) is 0 Å². The van der Waals surface area contributed by atoms with Crippen molar-refractivity contribution in [3.63, 3.8) is 0 Å². The summed E-state index contributed by atoms with van der Waals surface area (Å²) in [6.45, 7) is 0. The molecule has 0 aliphatic rings. The average molecular weight is 256 g/mol. The number of hydrogen-bond donors (Lipinski definition) is 0. The molecule has 1 aromatic heterocycles. The van der Waals surface area contributed by atoms with Crippen LogP contribution >= 0.6 is 44.7 Å². The minimum atomic E-state index is 0.991. The van der Waals surface area contributed by atoms with Crippen LogP contribution in [0.4, 0.5) is 0 Å². The van der Waals surface area contributed by atoms with Crippen molar-refractivity contribution < 1.29 is 0 Å². The summed E-state index contributed by atoms with van der Waals surface area (Å²) in [4.78, 5) is 0. The maximum absolute atomic E-state index is 5.08. The Balaban J connectivity index is 1.98. The summed E-state index contributed by atoms with van der Waals surface area (Å²) in [5.74, 6) is 1.03. The van der Waals surface area contributed by atoms with Crippen molar-refractivity contribution in [2.24, 2.45) is 0 Å². The summed E-state index contributed by atoms with van der Waals surface area (Å²) >= 11 is 6.94. The van der Waals surface area contributed by atoms with Crippen LogP contribution in [-0.2, 0) is 5.75 Å². The van der Waals surface area contributed by atoms with Crippen LogP contribution < -0.4 is 0 Å². The Morgan fingerprint density at radius 2 is 1.93 bits per heavy atom. The topological polar surface area (TPSA) is 0 Å². The number of benzene rings is 1. The molecule has 0 nitrogen and oxygen atoms in total. The van der Waals surface area contributed by atoms with Crippen molar-refractivity contribution in [2.75, 3.05) is 0 Å². The van der Waals surface area contributed by atoms with Gasteiger partial charge in [-0.05, 0) is 11.6 Å². The molecule has 0 amide bonds. The van der Waals surface area contributed by atoms with Crippen LogP contribution in [0.1, 0.15) is 5.56 Å². The van der Waals surface area contributed by atoms with Crippen LogP contribution in [-0.4, -0.2) is 0 Å². The zero-order valence-corrected chi connectivity index (χ0v) is 10.6. The molecule has 0 saturated carbocycles. The lowest BCUT2D eigenvalue weighted by atomic mass is 10.2. The van der Waals surface area contributed by atoms with E-state index in [1.807, 2.05) is 17.8 Å². The number of thioether (sulfide) groups is 1. The van der Waals surface area contributed by atoms with Crippen molar-refractivity contribution in [3.05, 3.63) is 45.8 Å². The molecule has 0 saturated heterocycles. The Hall–Kier alpha value is -0.160. The van der Waals surface area contributed by atoms with Crippen LogP contribution in [0.3, 0.4) is 0 Å². The van der Waals surface area contributed by atoms with E-state index in [0.29, 0.717) is 0 Å². The third-order valence-corrected chi connectivity index (χ3v) is 6.12. The molecule has 14 heavy (non-hydrogen) atoms. The molecular formula is C10H8S4. The van der Waals surface area contributed by atoms with Gasteiger partial charge in [0.15, 0.2) is 0 Å². The third kappa shape index (κ3) is 2.92. The molecule has 0 bridgehead atoms. The summed E-state index contributed by atoms with van der Waals surface area (Å²) in [5.41, 5.74) is 1.36. The Morgan fingerprint density at radius 3 is 2.57 bits per heavy atom. The maximum Gasteiger partial charge on any atom is 0.103 e. The summed E-state index contributed by atoms with van der Waals surface area (Å²) in [7, 11) is 3.44. The van der Waals surface area contributed by atoms with Gasteiger partial charge in [-0.2, -0.15) is 0 Å². The first-order chi connectivity index (χ1) is 6.84. The molecular weight excluding hydrogens is 248 g/mol. The van der Waals surface area contributed by atoms with E-state index in [4.69, 9.17) is 12.2 Å². The first-order valence-corrected chi connectivity index (χ1v) is 7.66. The lowest BCUT2D eigenvalue weighted by Gasteiger charge is -1.97. The standard InChI is InChI=1S/C10H8S4/c11-9-6-10(14-13-9)12-7-8-4-2-1-3-5-8/h1-6H,7H2. The van der Waals surface area contributed by atoms with Crippen molar-refractivity contribution in [2.45, 2.75) is 9.96 Å². The van der Waals surface area contributed by atoms with Crippen LogP contribution in [0.15, 0.2) is 40.6 Å². The summed E-state index contributed by atoms with van der Waals surface area (Å²) in [6, 6.07) is 12.6. The van der Waals surface area contributed by atoms with Crippen molar-refractivity contribution in [3.8, 4) is 0 Å². The maximum atomic E-state index is 5.08. The average Bonchev–Trinajstić information content (AvgIpc) is 2.63. The highest BCUT2D eigenvalue weighted by molar-refractivity contribution is 8.02. The molecule has 0 unspecified atom stereocenters. The minimum Gasteiger partial charge on any atom is -0.110 e. The Bertz CT molecular complexity index is 440. The second kappa shape index (κ2) is 5.07. The van der Waals surface area contributed by atoms with E-state index in [9.17, 15) is 0 Å². The van der Waals surface area contributed by atoms with Crippen LogP contribution in [0.25, 0.3) is 0 Å². The zero-order valence-electron chi connectivity index (χ0n) is 7.30. The molecule has 0 atom stereocenters. The fourth-order valence-corrected chi connectivity index (χ4v) is 4.83. The highest BCUT2D eigenvalue weighted by Gasteiger charge is 1.97. The first kappa shape index (κ1) is 10.4. The number of rotatable bonds is 3. The Kier molecular flexibility index (Phi) is 3.75. The SMILES string of the molecule is S=c1cc(SCc2ccccc2)ss1. The van der Waals surface area contributed by atoms with Crippen LogP contribution in [0, 0.1) is 3.82 Å². The molecule has 1 heterocycles. The first-order valence-electron chi connectivity index (χ1n) is 4.11. The van der Waals surface area contributed by atoms with Gasteiger partial charge < -0.3 is 0 Å². The lowest BCUT2D eigenvalue weighted by Crippen LogP contribution is -1.76. The minimum absolute atomic E-state index is 0.991. The van der Waals surface area contributed by atoms with Gasteiger partial charge in [0.2, 0.25) is 0 Å². The van der Waals surface area contributed by atoms with E-state index in [0.717, 1.165) is 9.58 Å². The van der Waals surface area contributed by atoms with Crippen molar-refractivity contribution >= 4 is 44.7 Å². The normalized spacial score (nSPS) is 10.3. The van der Waals surface area contributed by atoms with E-state index < -0.39 is 0 Å². The summed E-state index contributed by atoms with van der Waals surface area (Å²) < 4.78 is 2.31. The van der Waals surface area contributed by atoms with Gasteiger partial charge in [-0.1, -0.05) is 63.2 Å². The molecule has 2 rings (SSSR count). The quantitative estimate of drug-likeness (QED) is 0.438. The van der Waals surface area contributed by atoms with E-state index in [1.54, 1.807) is 20.7 Å². The van der Waals surface area contributed by atoms with Gasteiger partial charge in [-0.3, -0.25) is 0 Å². The Morgan fingerprint density at radius 1 is 1.14 bits per heavy atom. The molecule has 0 fully saturated rings. The number of hydrogen-bond acceptors (Lipinski definition) is 4. The Labute approximate surface area is 100 Å². The third-order valence-electron chi connectivity index (χ3n) is 1.67. The summed E-state index contributed by atoms with van der Waals surface area (Å²) in [5, 5.41) is 0. The fourth-order valence-electron chi connectivity index (χ4n) is 1.02. The molecule has 2 aromatic rings. The second-order valence-corrected chi connectivity index (χ2v) is 6.91. The van der Waals surface area contributed by atoms with E-state index in [-0.39, 0.29) is 0 Å². The molecule has 1 aromatic carbocycles. The molecule has 0 N–H and O–H groups in total. The molecule has 4 heteroatoms. The molecule has 0 aliphatic carbocycles. The predicted molar refractivity (Wildman–Crippen MR) is 69.0 cm³/mol. The smallest absolute Gasteiger partial charge is 0.103 e. The largest absolute Gasteiger partial charge is 0.110 e. The highest BCUT2D eigenvalue weighted by Crippen LogP contribution is 2.30. The second-order valence-electron chi connectivity index (χ2n) is 2.72. The van der Waals surface area contributed by atoms with Gasteiger partial charge in [0, 0.05) is 5.75 Å². The van der Waals surface area contributed by atoms with Gasteiger partial charge in [0.25, 0.3) is 0 Å². The molecule has 0 spiro atoms. The van der Waals surface area contributed by atoms with E-state index in [2.05, 4.69) is 30.3 Å². The molecule has 0 radical (unpaired) electrons. The van der Waals surface area contributed by atoms with Gasteiger partial charge in [-0.25, -0.2) is 0 Å².